The standard InChI is InChI=1S/C15H17BrClNO3/c1-2-5-15(14(20)21)6-7-18(9-15)13(19)10-3-4-12(17)11(16)8-10/h3-4,8H,2,5-7,9H2,1H3,(H,20,21). The lowest BCUT2D eigenvalue weighted by molar-refractivity contribution is -0.148. The highest BCUT2D eigenvalue weighted by atomic mass is 79.9. The predicted octanol–water partition coefficient (Wildman–Crippen LogP) is 3.82. The van der Waals surface area contributed by atoms with Gasteiger partial charge in [-0.1, -0.05) is 24.9 Å². The van der Waals surface area contributed by atoms with Gasteiger partial charge in [0, 0.05) is 23.1 Å². The Kier molecular flexibility index (Phi) is 4.94. The number of amides is 1. The number of hydrogen-bond acceptors (Lipinski definition) is 2. The minimum atomic E-state index is -0.808. The van der Waals surface area contributed by atoms with E-state index in [1.807, 2.05) is 6.92 Å². The fraction of sp³-hybridized carbons (Fsp3) is 0.467. The van der Waals surface area contributed by atoms with Gasteiger partial charge in [0.2, 0.25) is 0 Å². The van der Waals surface area contributed by atoms with Gasteiger partial charge < -0.3 is 10.0 Å². The molecule has 0 aliphatic carbocycles. The molecule has 1 aliphatic rings. The first kappa shape index (κ1) is 16.3. The third-order valence-corrected chi connectivity index (χ3v) is 5.20. The normalized spacial score (nSPS) is 21.6. The zero-order valence-corrected chi connectivity index (χ0v) is 14.1. The topological polar surface area (TPSA) is 57.6 Å². The van der Waals surface area contributed by atoms with Gasteiger partial charge in [-0.3, -0.25) is 9.59 Å². The summed E-state index contributed by atoms with van der Waals surface area (Å²) < 4.78 is 0.660. The number of carboxylic acids is 1. The second-order valence-corrected chi connectivity index (χ2v) is 6.70. The maximum atomic E-state index is 12.5. The molecular formula is C15H17BrClNO3. The molecule has 1 fully saturated rings. The molecule has 1 aromatic rings. The van der Waals surface area contributed by atoms with Crippen LogP contribution in [-0.4, -0.2) is 35.0 Å². The van der Waals surface area contributed by atoms with Crippen LogP contribution < -0.4 is 0 Å². The van der Waals surface area contributed by atoms with E-state index in [1.54, 1.807) is 23.1 Å². The number of aliphatic carboxylic acids is 1. The summed E-state index contributed by atoms with van der Waals surface area (Å²) in [6.07, 6.45) is 1.90. The molecule has 0 saturated carbocycles. The Bertz CT molecular complexity index is 578. The lowest BCUT2D eigenvalue weighted by atomic mass is 9.83. The molecule has 1 N–H and O–H groups in total. The second-order valence-electron chi connectivity index (χ2n) is 5.44. The number of halogens is 2. The largest absolute Gasteiger partial charge is 0.481 e. The minimum absolute atomic E-state index is 0.147. The molecule has 1 saturated heterocycles. The van der Waals surface area contributed by atoms with Gasteiger partial charge in [-0.2, -0.15) is 0 Å². The molecule has 114 valence electrons. The maximum absolute atomic E-state index is 12.5. The minimum Gasteiger partial charge on any atom is -0.481 e. The molecule has 1 aromatic carbocycles. The van der Waals surface area contributed by atoms with Crippen LogP contribution >= 0.6 is 27.5 Å². The van der Waals surface area contributed by atoms with Crippen molar-refractivity contribution in [2.24, 2.45) is 5.41 Å². The van der Waals surface area contributed by atoms with Crippen molar-refractivity contribution in [3.63, 3.8) is 0 Å². The summed E-state index contributed by atoms with van der Waals surface area (Å²) in [6.45, 7) is 2.71. The molecule has 21 heavy (non-hydrogen) atoms. The van der Waals surface area contributed by atoms with Crippen molar-refractivity contribution in [1.29, 1.82) is 0 Å². The average molecular weight is 375 g/mol. The zero-order valence-electron chi connectivity index (χ0n) is 11.7. The molecule has 0 bridgehead atoms. The van der Waals surface area contributed by atoms with Gasteiger partial charge in [0.25, 0.3) is 5.91 Å². The van der Waals surface area contributed by atoms with Crippen molar-refractivity contribution in [2.75, 3.05) is 13.1 Å². The summed E-state index contributed by atoms with van der Waals surface area (Å²) in [5.41, 5.74) is -0.280. The van der Waals surface area contributed by atoms with E-state index in [-0.39, 0.29) is 12.5 Å². The van der Waals surface area contributed by atoms with Crippen molar-refractivity contribution < 1.29 is 14.7 Å². The highest BCUT2D eigenvalue weighted by Gasteiger charge is 2.45. The van der Waals surface area contributed by atoms with E-state index in [0.717, 1.165) is 6.42 Å². The fourth-order valence-corrected chi connectivity index (χ4v) is 3.32. The molecular weight excluding hydrogens is 358 g/mol. The molecule has 0 aromatic heterocycles. The summed E-state index contributed by atoms with van der Waals surface area (Å²) >= 11 is 9.22. The Morgan fingerprint density at radius 1 is 1.48 bits per heavy atom. The first-order chi connectivity index (χ1) is 9.89. The van der Waals surface area contributed by atoms with Crippen molar-refractivity contribution >= 4 is 39.4 Å². The first-order valence-electron chi connectivity index (χ1n) is 6.87. The van der Waals surface area contributed by atoms with Crippen molar-refractivity contribution in [2.45, 2.75) is 26.2 Å². The highest BCUT2D eigenvalue weighted by Crippen LogP contribution is 2.36. The van der Waals surface area contributed by atoms with Crippen LogP contribution in [0.25, 0.3) is 0 Å². The van der Waals surface area contributed by atoms with Crippen LogP contribution in [0.3, 0.4) is 0 Å². The van der Waals surface area contributed by atoms with Crippen LogP contribution in [0, 0.1) is 5.41 Å². The van der Waals surface area contributed by atoms with E-state index in [2.05, 4.69) is 15.9 Å². The number of benzene rings is 1. The maximum Gasteiger partial charge on any atom is 0.311 e. The molecule has 0 spiro atoms. The highest BCUT2D eigenvalue weighted by molar-refractivity contribution is 9.10. The second kappa shape index (κ2) is 6.36. The van der Waals surface area contributed by atoms with E-state index in [4.69, 9.17) is 11.6 Å². The molecule has 4 nitrogen and oxygen atoms in total. The quantitative estimate of drug-likeness (QED) is 0.871. The molecule has 1 atom stereocenters. The van der Waals surface area contributed by atoms with E-state index < -0.39 is 11.4 Å². The Hall–Kier alpha value is -1.07. The van der Waals surface area contributed by atoms with Crippen LogP contribution in [-0.2, 0) is 4.79 Å². The van der Waals surface area contributed by atoms with Crippen LogP contribution in [0.15, 0.2) is 22.7 Å². The Morgan fingerprint density at radius 3 is 2.76 bits per heavy atom. The number of hydrogen-bond donors (Lipinski definition) is 1. The monoisotopic (exact) mass is 373 g/mol. The third-order valence-electron chi connectivity index (χ3n) is 3.99. The smallest absolute Gasteiger partial charge is 0.311 e. The molecule has 1 heterocycles. The van der Waals surface area contributed by atoms with Crippen LogP contribution in [0.5, 0.6) is 0 Å². The lowest BCUT2D eigenvalue weighted by Gasteiger charge is -2.24. The Balaban J connectivity index is 2.18. The Labute approximate surface area is 137 Å². The number of carbonyl (C=O) groups is 2. The number of rotatable bonds is 4. The van der Waals surface area contributed by atoms with Gasteiger partial charge >= 0.3 is 5.97 Å². The van der Waals surface area contributed by atoms with Gasteiger partial charge in [0.05, 0.1) is 10.4 Å². The van der Waals surface area contributed by atoms with E-state index in [0.29, 0.717) is 34.4 Å². The summed E-state index contributed by atoms with van der Waals surface area (Å²) in [4.78, 5) is 25.7. The molecule has 6 heteroatoms. The molecule has 2 rings (SSSR count). The van der Waals surface area contributed by atoms with Crippen LogP contribution in [0.2, 0.25) is 5.02 Å². The van der Waals surface area contributed by atoms with Crippen molar-refractivity contribution in [3.8, 4) is 0 Å². The number of likely N-dealkylation sites (tertiary alicyclic amines) is 1. The molecule has 1 unspecified atom stereocenters. The summed E-state index contributed by atoms with van der Waals surface area (Å²) in [6, 6.07) is 4.99. The summed E-state index contributed by atoms with van der Waals surface area (Å²) in [7, 11) is 0. The zero-order chi connectivity index (χ0) is 15.6. The third kappa shape index (κ3) is 3.24. The molecule has 1 amide bonds. The SMILES string of the molecule is CCCC1(C(=O)O)CCN(C(=O)c2ccc(Cl)c(Br)c2)C1. The van der Waals surface area contributed by atoms with Crippen LogP contribution in [0.1, 0.15) is 36.5 Å². The lowest BCUT2D eigenvalue weighted by Crippen LogP contribution is -2.36. The van der Waals surface area contributed by atoms with Gasteiger partial charge in [0.1, 0.15) is 0 Å². The van der Waals surface area contributed by atoms with E-state index in [1.165, 1.54) is 0 Å². The van der Waals surface area contributed by atoms with Crippen molar-refractivity contribution in [3.05, 3.63) is 33.3 Å². The van der Waals surface area contributed by atoms with Gasteiger partial charge in [-0.25, -0.2) is 0 Å². The molecule has 0 radical (unpaired) electrons. The van der Waals surface area contributed by atoms with E-state index >= 15 is 0 Å². The summed E-state index contributed by atoms with van der Waals surface area (Å²) in [5.74, 6) is -0.955. The Morgan fingerprint density at radius 2 is 2.19 bits per heavy atom. The fourth-order valence-electron chi connectivity index (χ4n) is 2.82. The number of carboxylic acid groups (broad SMARTS) is 1. The number of nitrogens with zero attached hydrogens (tertiary/aromatic N) is 1. The molecule has 1 aliphatic heterocycles. The summed E-state index contributed by atoms with van der Waals surface area (Å²) in [5, 5.41) is 10.0. The first-order valence-corrected chi connectivity index (χ1v) is 8.04. The van der Waals surface area contributed by atoms with Gasteiger partial charge in [0.15, 0.2) is 0 Å². The average Bonchev–Trinajstić information content (AvgIpc) is 2.87. The van der Waals surface area contributed by atoms with Gasteiger partial charge in [-0.05, 0) is 47.0 Å². The predicted molar refractivity (Wildman–Crippen MR) is 84.6 cm³/mol. The van der Waals surface area contributed by atoms with Crippen LogP contribution in [0.4, 0.5) is 0 Å². The van der Waals surface area contributed by atoms with Gasteiger partial charge in [-0.15, -0.1) is 0 Å². The van der Waals surface area contributed by atoms with Crippen molar-refractivity contribution in [1.82, 2.24) is 4.90 Å². The number of carbonyl (C=O) groups excluding carboxylic acids is 1. The van der Waals surface area contributed by atoms with E-state index in [9.17, 15) is 14.7 Å².